The quantitative estimate of drug-likeness (QED) is 0.639. The van der Waals surface area contributed by atoms with Gasteiger partial charge in [0, 0.05) is 6.42 Å². The van der Waals surface area contributed by atoms with Crippen molar-refractivity contribution < 1.29 is 4.79 Å². The third-order valence-corrected chi connectivity index (χ3v) is 3.34. The molecular formula is C16H22O. The maximum Gasteiger partial charge on any atom is 0.143 e. The largest absolute Gasteiger partial charge is 0.299 e. The van der Waals surface area contributed by atoms with Crippen LogP contribution in [0.15, 0.2) is 43.0 Å². The molecule has 0 bridgehead atoms. The van der Waals surface area contributed by atoms with Crippen LogP contribution in [-0.4, -0.2) is 5.78 Å². The van der Waals surface area contributed by atoms with Gasteiger partial charge in [-0.15, -0.1) is 6.58 Å². The van der Waals surface area contributed by atoms with Crippen molar-refractivity contribution in [3.8, 4) is 0 Å². The highest BCUT2D eigenvalue weighted by Crippen LogP contribution is 2.30. The van der Waals surface area contributed by atoms with Crippen molar-refractivity contribution in [3.05, 3.63) is 48.6 Å². The summed E-state index contributed by atoms with van der Waals surface area (Å²) < 4.78 is 0. The molecule has 92 valence electrons. The molecule has 0 spiro atoms. The van der Waals surface area contributed by atoms with Gasteiger partial charge in [-0.2, -0.15) is 0 Å². The number of unbranched alkanes of at least 4 members (excludes halogenated alkanes) is 1. The van der Waals surface area contributed by atoms with E-state index in [4.69, 9.17) is 0 Å². The highest BCUT2D eigenvalue weighted by atomic mass is 16.1. The summed E-state index contributed by atoms with van der Waals surface area (Å²) in [4.78, 5) is 12.4. The standard InChI is InChI=1S/C16H22O/c1-4-6-12-15(17)16(3,13-5-2)14-10-8-7-9-11-14/h5,7-11H,2,4,6,12-13H2,1,3H3. The van der Waals surface area contributed by atoms with Crippen molar-refractivity contribution in [2.75, 3.05) is 0 Å². The monoisotopic (exact) mass is 230 g/mol. The van der Waals surface area contributed by atoms with Crippen molar-refractivity contribution in [2.45, 2.75) is 44.9 Å². The molecule has 1 rings (SSSR count). The Kier molecular flexibility index (Phi) is 5.14. The van der Waals surface area contributed by atoms with Gasteiger partial charge in [-0.1, -0.05) is 49.8 Å². The van der Waals surface area contributed by atoms with E-state index in [-0.39, 0.29) is 0 Å². The Morgan fingerprint density at radius 3 is 2.53 bits per heavy atom. The molecule has 1 aromatic carbocycles. The number of benzene rings is 1. The molecule has 1 atom stereocenters. The third kappa shape index (κ3) is 3.29. The number of carbonyl (C=O) groups excluding carboxylic acids is 1. The summed E-state index contributed by atoms with van der Waals surface area (Å²) in [7, 11) is 0. The first-order valence-electron chi connectivity index (χ1n) is 6.35. The topological polar surface area (TPSA) is 17.1 Å². The van der Waals surface area contributed by atoms with E-state index in [0.29, 0.717) is 18.6 Å². The van der Waals surface area contributed by atoms with Crippen LogP contribution in [0.2, 0.25) is 0 Å². The van der Waals surface area contributed by atoms with Crippen LogP contribution in [0.3, 0.4) is 0 Å². The molecule has 0 N–H and O–H groups in total. The molecule has 0 saturated carbocycles. The molecular weight excluding hydrogens is 208 g/mol. The zero-order valence-corrected chi connectivity index (χ0v) is 10.9. The van der Waals surface area contributed by atoms with Gasteiger partial charge in [-0.25, -0.2) is 0 Å². The highest BCUT2D eigenvalue weighted by molar-refractivity contribution is 5.89. The van der Waals surface area contributed by atoms with Crippen LogP contribution in [0, 0.1) is 0 Å². The minimum absolute atomic E-state index is 0.324. The molecule has 0 aliphatic heterocycles. The van der Waals surface area contributed by atoms with Gasteiger partial charge < -0.3 is 0 Å². The summed E-state index contributed by atoms with van der Waals surface area (Å²) in [5, 5.41) is 0. The molecule has 0 heterocycles. The Morgan fingerprint density at radius 1 is 1.35 bits per heavy atom. The van der Waals surface area contributed by atoms with E-state index in [1.807, 2.05) is 43.3 Å². The van der Waals surface area contributed by atoms with Crippen LogP contribution < -0.4 is 0 Å². The molecule has 0 aliphatic rings. The van der Waals surface area contributed by atoms with Crippen LogP contribution >= 0.6 is 0 Å². The SMILES string of the molecule is C=CCC(C)(C(=O)CCCC)c1ccccc1. The number of rotatable bonds is 7. The van der Waals surface area contributed by atoms with Gasteiger partial charge >= 0.3 is 0 Å². The molecule has 0 aromatic heterocycles. The van der Waals surface area contributed by atoms with Crippen molar-refractivity contribution in [1.29, 1.82) is 0 Å². The van der Waals surface area contributed by atoms with Crippen LogP contribution in [0.4, 0.5) is 0 Å². The van der Waals surface area contributed by atoms with Gasteiger partial charge in [0.05, 0.1) is 5.41 Å². The first-order valence-corrected chi connectivity index (χ1v) is 6.35. The lowest BCUT2D eigenvalue weighted by Crippen LogP contribution is -2.32. The number of hydrogen-bond donors (Lipinski definition) is 0. The van der Waals surface area contributed by atoms with Crippen LogP contribution in [0.1, 0.15) is 45.1 Å². The van der Waals surface area contributed by atoms with Crippen LogP contribution in [-0.2, 0) is 10.2 Å². The predicted molar refractivity (Wildman–Crippen MR) is 73.1 cm³/mol. The molecule has 0 amide bonds. The van der Waals surface area contributed by atoms with Crippen molar-refractivity contribution in [3.63, 3.8) is 0 Å². The zero-order chi connectivity index (χ0) is 12.7. The molecule has 1 heteroatoms. The third-order valence-electron chi connectivity index (χ3n) is 3.34. The van der Waals surface area contributed by atoms with Gasteiger partial charge in [-0.05, 0) is 25.3 Å². The summed E-state index contributed by atoms with van der Waals surface area (Å²) in [6.07, 6.45) is 5.25. The van der Waals surface area contributed by atoms with Crippen molar-refractivity contribution in [1.82, 2.24) is 0 Å². The number of carbonyl (C=O) groups is 1. The second kappa shape index (κ2) is 6.39. The van der Waals surface area contributed by atoms with E-state index >= 15 is 0 Å². The van der Waals surface area contributed by atoms with Gasteiger partial charge in [0.15, 0.2) is 0 Å². The Hall–Kier alpha value is -1.37. The fourth-order valence-corrected chi connectivity index (χ4v) is 2.10. The Morgan fingerprint density at radius 2 is 2.00 bits per heavy atom. The summed E-state index contributed by atoms with van der Waals surface area (Å²) >= 11 is 0. The maximum absolute atomic E-state index is 12.4. The molecule has 0 aliphatic carbocycles. The lowest BCUT2D eigenvalue weighted by molar-refractivity contribution is -0.124. The number of hydrogen-bond acceptors (Lipinski definition) is 1. The first-order chi connectivity index (χ1) is 8.15. The smallest absolute Gasteiger partial charge is 0.143 e. The summed E-state index contributed by atoms with van der Waals surface area (Å²) in [6, 6.07) is 10.0. The summed E-state index contributed by atoms with van der Waals surface area (Å²) in [5.41, 5.74) is 0.694. The van der Waals surface area contributed by atoms with E-state index in [2.05, 4.69) is 13.5 Å². The Labute approximate surface area is 105 Å². The zero-order valence-electron chi connectivity index (χ0n) is 10.9. The van der Waals surface area contributed by atoms with Gasteiger partial charge in [-0.3, -0.25) is 4.79 Å². The van der Waals surface area contributed by atoms with E-state index in [0.717, 1.165) is 18.4 Å². The molecule has 17 heavy (non-hydrogen) atoms. The Balaban J connectivity index is 2.96. The average Bonchev–Trinajstić information content (AvgIpc) is 2.37. The summed E-state index contributed by atoms with van der Waals surface area (Å²) in [6.45, 7) is 7.92. The molecule has 0 fully saturated rings. The maximum atomic E-state index is 12.4. The molecule has 1 nitrogen and oxygen atoms in total. The predicted octanol–water partition coefficient (Wildman–Crippen LogP) is 4.28. The molecule has 0 radical (unpaired) electrons. The second-order valence-electron chi connectivity index (χ2n) is 4.72. The van der Waals surface area contributed by atoms with E-state index in [1.165, 1.54) is 0 Å². The summed E-state index contributed by atoms with van der Waals surface area (Å²) in [5.74, 6) is 0.324. The van der Waals surface area contributed by atoms with Gasteiger partial charge in [0.25, 0.3) is 0 Å². The van der Waals surface area contributed by atoms with E-state index < -0.39 is 5.41 Å². The number of allylic oxidation sites excluding steroid dienone is 1. The Bertz CT molecular complexity index is 366. The van der Waals surface area contributed by atoms with Crippen LogP contribution in [0.5, 0.6) is 0 Å². The minimum atomic E-state index is -0.405. The lowest BCUT2D eigenvalue weighted by Gasteiger charge is -2.27. The second-order valence-corrected chi connectivity index (χ2v) is 4.72. The van der Waals surface area contributed by atoms with Gasteiger partial charge in [0.1, 0.15) is 5.78 Å². The fourth-order valence-electron chi connectivity index (χ4n) is 2.10. The lowest BCUT2D eigenvalue weighted by atomic mass is 9.74. The average molecular weight is 230 g/mol. The molecule has 0 saturated heterocycles. The number of ketones is 1. The first kappa shape index (κ1) is 13.7. The number of Topliss-reactive ketones (excluding diaryl/α,β-unsaturated/α-hetero) is 1. The molecule has 1 unspecified atom stereocenters. The highest BCUT2D eigenvalue weighted by Gasteiger charge is 2.32. The van der Waals surface area contributed by atoms with Crippen molar-refractivity contribution in [2.24, 2.45) is 0 Å². The van der Waals surface area contributed by atoms with Crippen LogP contribution in [0.25, 0.3) is 0 Å². The van der Waals surface area contributed by atoms with E-state index in [9.17, 15) is 4.79 Å². The van der Waals surface area contributed by atoms with E-state index in [1.54, 1.807) is 0 Å². The fraction of sp³-hybridized carbons (Fsp3) is 0.438. The molecule has 1 aromatic rings. The van der Waals surface area contributed by atoms with Gasteiger partial charge in [0.2, 0.25) is 0 Å². The minimum Gasteiger partial charge on any atom is -0.299 e. The van der Waals surface area contributed by atoms with Crippen molar-refractivity contribution >= 4 is 5.78 Å². The normalized spacial score (nSPS) is 14.0.